The third-order valence-corrected chi connectivity index (χ3v) is 13.9. The van der Waals surface area contributed by atoms with Crippen LogP contribution < -0.4 is 0 Å². The lowest BCUT2D eigenvalue weighted by Crippen LogP contribution is -2.30. The second-order valence-electron chi connectivity index (χ2n) is 20.5. The number of carbonyl (C=O) groups is 3. The molecule has 0 aliphatic heterocycles. The maximum Gasteiger partial charge on any atom is 0.306 e. The molecule has 0 aromatic rings. The normalized spacial score (nSPS) is 12.4. The Kier molecular flexibility index (Phi) is 52.1. The average Bonchev–Trinajstić information content (AvgIpc) is 3.30. The van der Waals surface area contributed by atoms with Crippen molar-refractivity contribution in [3.8, 4) is 0 Å². The Balaban J connectivity index is 4.30. The first-order valence-corrected chi connectivity index (χ1v) is 29.4. The third kappa shape index (κ3) is 51.6. The molecule has 6 nitrogen and oxygen atoms in total. The van der Waals surface area contributed by atoms with Crippen molar-refractivity contribution in [2.75, 3.05) is 13.2 Å². The van der Waals surface area contributed by atoms with Crippen LogP contribution in [-0.2, 0) is 28.6 Å². The molecule has 0 aliphatic carbocycles. The highest BCUT2D eigenvalue weighted by molar-refractivity contribution is 5.71. The molecule has 0 heterocycles. The van der Waals surface area contributed by atoms with Gasteiger partial charge in [-0.15, -0.1) is 0 Å². The summed E-state index contributed by atoms with van der Waals surface area (Å²) in [6, 6.07) is 0. The molecule has 0 N–H and O–H groups in total. The number of hydrogen-bond acceptors (Lipinski definition) is 6. The Morgan fingerprint density at radius 3 is 0.800 bits per heavy atom. The fraction of sp³-hybridized carbons (Fsp3) is 0.949. The summed E-state index contributed by atoms with van der Waals surface area (Å²) in [5.74, 6) is 0.0351. The van der Waals surface area contributed by atoms with E-state index in [0.29, 0.717) is 19.3 Å². The zero-order chi connectivity index (χ0) is 47.4. The first-order valence-electron chi connectivity index (χ1n) is 29.4. The molecule has 0 saturated heterocycles. The van der Waals surface area contributed by atoms with Gasteiger partial charge in [0, 0.05) is 19.3 Å². The predicted octanol–water partition coefficient (Wildman–Crippen LogP) is 19.4. The van der Waals surface area contributed by atoms with Crippen LogP contribution in [0.25, 0.3) is 0 Å². The largest absolute Gasteiger partial charge is 0.462 e. The van der Waals surface area contributed by atoms with Crippen LogP contribution in [-0.4, -0.2) is 37.2 Å². The SMILES string of the molecule is CCCCCCCCCCCCCCCCCCCC(=O)O[C@H](COC(=O)CCCCCCCCCCCCCCCCCC)COC(=O)CCCCCCCCCCCCC(C)CC. The van der Waals surface area contributed by atoms with Crippen molar-refractivity contribution < 1.29 is 28.6 Å². The monoisotopic (exact) mass is 919 g/mol. The lowest BCUT2D eigenvalue weighted by molar-refractivity contribution is -0.167. The second-order valence-corrected chi connectivity index (χ2v) is 20.5. The Labute approximate surface area is 406 Å². The van der Waals surface area contributed by atoms with Gasteiger partial charge in [0.2, 0.25) is 0 Å². The van der Waals surface area contributed by atoms with Gasteiger partial charge in [0.1, 0.15) is 13.2 Å². The minimum absolute atomic E-state index is 0.0619. The Morgan fingerprint density at radius 2 is 0.538 bits per heavy atom. The summed E-state index contributed by atoms with van der Waals surface area (Å²) in [4.78, 5) is 38.2. The summed E-state index contributed by atoms with van der Waals surface area (Å²) in [5.41, 5.74) is 0. The minimum atomic E-state index is -0.762. The van der Waals surface area contributed by atoms with E-state index >= 15 is 0 Å². The van der Waals surface area contributed by atoms with Gasteiger partial charge >= 0.3 is 17.9 Å². The van der Waals surface area contributed by atoms with E-state index in [9.17, 15) is 14.4 Å². The zero-order valence-corrected chi connectivity index (χ0v) is 44.5. The molecule has 1 unspecified atom stereocenters. The number of carbonyl (C=O) groups excluding carboxylic acids is 3. The third-order valence-electron chi connectivity index (χ3n) is 13.9. The Hall–Kier alpha value is -1.59. The van der Waals surface area contributed by atoms with Gasteiger partial charge in [-0.25, -0.2) is 0 Å². The van der Waals surface area contributed by atoms with E-state index in [4.69, 9.17) is 14.2 Å². The maximum atomic E-state index is 12.9. The molecule has 0 rings (SSSR count). The number of unbranched alkanes of at least 4 members (excludes halogenated alkanes) is 40. The lowest BCUT2D eigenvalue weighted by Gasteiger charge is -2.18. The number of esters is 3. The molecule has 65 heavy (non-hydrogen) atoms. The van der Waals surface area contributed by atoms with Crippen LogP contribution in [0.4, 0.5) is 0 Å². The van der Waals surface area contributed by atoms with Crippen LogP contribution in [0.1, 0.15) is 336 Å². The molecule has 0 amide bonds. The number of rotatable bonds is 54. The van der Waals surface area contributed by atoms with Crippen LogP contribution in [0, 0.1) is 5.92 Å². The van der Waals surface area contributed by atoms with Crippen molar-refractivity contribution in [1.82, 2.24) is 0 Å². The topological polar surface area (TPSA) is 78.9 Å². The fourth-order valence-electron chi connectivity index (χ4n) is 9.07. The van der Waals surface area contributed by atoms with Crippen LogP contribution in [0.2, 0.25) is 0 Å². The summed E-state index contributed by atoms with van der Waals surface area (Å²) in [6.07, 6.45) is 58.0. The van der Waals surface area contributed by atoms with E-state index in [1.165, 1.54) is 231 Å². The predicted molar refractivity (Wildman–Crippen MR) is 280 cm³/mol. The molecule has 0 aromatic heterocycles. The highest BCUT2D eigenvalue weighted by atomic mass is 16.6. The van der Waals surface area contributed by atoms with Crippen LogP contribution in [0.3, 0.4) is 0 Å². The minimum Gasteiger partial charge on any atom is -0.462 e. The van der Waals surface area contributed by atoms with Crippen molar-refractivity contribution in [2.24, 2.45) is 5.92 Å². The van der Waals surface area contributed by atoms with E-state index in [0.717, 1.165) is 63.7 Å². The highest BCUT2D eigenvalue weighted by Gasteiger charge is 2.19. The van der Waals surface area contributed by atoms with E-state index in [2.05, 4.69) is 27.7 Å². The summed E-state index contributed by atoms with van der Waals surface area (Å²) in [6.45, 7) is 9.08. The Bertz CT molecular complexity index is 982. The molecule has 0 radical (unpaired) electrons. The number of hydrogen-bond donors (Lipinski definition) is 0. The van der Waals surface area contributed by atoms with Crippen molar-refractivity contribution in [3.63, 3.8) is 0 Å². The van der Waals surface area contributed by atoms with Crippen LogP contribution in [0.5, 0.6) is 0 Å². The van der Waals surface area contributed by atoms with Crippen molar-refractivity contribution in [2.45, 2.75) is 342 Å². The van der Waals surface area contributed by atoms with Crippen LogP contribution in [0.15, 0.2) is 0 Å². The smallest absolute Gasteiger partial charge is 0.306 e. The molecule has 0 aliphatic rings. The summed E-state index contributed by atoms with van der Waals surface area (Å²) in [7, 11) is 0. The van der Waals surface area contributed by atoms with Gasteiger partial charge in [0.25, 0.3) is 0 Å². The van der Waals surface area contributed by atoms with Gasteiger partial charge in [-0.2, -0.15) is 0 Å². The van der Waals surface area contributed by atoms with Gasteiger partial charge in [0.05, 0.1) is 0 Å². The first-order chi connectivity index (χ1) is 31.9. The summed E-state index contributed by atoms with van der Waals surface area (Å²) >= 11 is 0. The molecule has 6 heteroatoms. The molecule has 386 valence electrons. The molecular formula is C59H114O6. The Morgan fingerprint density at radius 1 is 0.308 bits per heavy atom. The molecule has 0 bridgehead atoms. The zero-order valence-electron chi connectivity index (χ0n) is 44.5. The van der Waals surface area contributed by atoms with Gasteiger partial charge in [0.15, 0.2) is 6.10 Å². The summed E-state index contributed by atoms with van der Waals surface area (Å²) in [5, 5.41) is 0. The maximum absolute atomic E-state index is 12.9. The van der Waals surface area contributed by atoms with Gasteiger partial charge in [-0.05, 0) is 25.2 Å². The van der Waals surface area contributed by atoms with Crippen molar-refractivity contribution in [3.05, 3.63) is 0 Å². The first kappa shape index (κ1) is 63.4. The van der Waals surface area contributed by atoms with E-state index < -0.39 is 6.10 Å². The van der Waals surface area contributed by atoms with Gasteiger partial charge < -0.3 is 14.2 Å². The van der Waals surface area contributed by atoms with Crippen molar-refractivity contribution in [1.29, 1.82) is 0 Å². The second kappa shape index (κ2) is 53.4. The standard InChI is InChI=1S/C59H114O6/c1-5-8-10-12-14-16-18-20-22-24-26-28-30-36-40-44-48-52-59(62)65-56(54-64-58(61)51-47-43-39-35-32-31-33-37-41-45-49-55(4)7-3)53-63-57(60)50-46-42-38-34-29-27-25-23-21-19-17-15-13-11-9-6-2/h55-56H,5-54H2,1-4H3/t55?,56-/m1/s1. The van der Waals surface area contributed by atoms with E-state index in [1.54, 1.807) is 0 Å². The molecule has 0 saturated carbocycles. The van der Waals surface area contributed by atoms with Gasteiger partial charge in [-0.1, -0.05) is 297 Å². The molecule has 0 spiro atoms. The number of ether oxygens (including phenoxy) is 3. The fourth-order valence-corrected chi connectivity index (χ4v) is 9.07. The molecule has 0 fully saturated rings. The molecule has 0 aromatic carbocycles. The highest BCUT2D eigenvalue weighted by Crippen LogP contribution is 2.18. The molecule has 2 atom stereocenters. The van der Waals surface area contributed by atoms with Crippen LogP contribution >= 0.6 is 0 Å². The molecular weight excluding hydrogens is 805 g/mol. The van der Waals surface area contributed by atoms with E-state index in [1.807, 2.05) is 0 Å². The summed E-state index contributed by atoms with van der Waals surface area (Å²) < 4.78 is 16.9. The quantitative estimate of drug-likeness (QED) is 0.0344. The van der Waals surface area contributed by atoms with Crippen molar-refractivity contribution >= 4 is 17.9 Å². The van der Waals surface area contributed by atoms with Gasteiger partial charge in [-0.3, -0.25) is 14.4 Å². The van der Waals surface area contributed by atoms with E-state index in [-0.39, 0.29) is 31.1 Å². The average molecular weight is 920 g/mol. The lowest BCUT2D eigenvalue weighted by atomic mass is 9.99.